The van der Waals surface area contributed by atoms with Crippen molar-refractivity contribution in [1.29, 1.82) is 0 Å². The van der Waals surface area contributed by atoms with Crippen LogP contribution in [0.1, 0.15) is 39.5 Å². The maximum Gasteiger partial charge on any atom is 0.234 e. The molecule has 3 rings (SSSR count). The van der Waals surface area contributed by atoms with Gasteiger partial charge < -0.3 is 0 Å². The molecule has 3 heteroatoms. The molecule has 2 saturated carbocycles. The number of carbonyl (C=O) groups excluding carboxylic acids is 2. The third kappa shape index (κ3) is 1.09. The second kappa shape index (κ2) is 3.31. The van der Waals surface area contributed by atoms with Crippen LogP contribution in [0.5, 0.6) is 0 Å². The van der Waals surface area contributed by atoms with Gasteiger partial charge in [-0.3, -0.25) is 14.5 Å². The van der Waals surface area contributed by atoms with Crippen molar-refractivity contribution in [1.82, 2.24) is 4.90 Å². The van der Waals surface area contributed by atoms with Gasteiger partial charge in [0.2, 0.25) is 11.8 Å². The molecule has 3 nitrogen and oxygen atoms in total. The summed E-state index contributed by atoms with van der Waals surface area (Å²) in [6.45, 7) is 3.93. The summed E-state index contributed by atoms with van der Waals surface area (Å²) in [5.41, 5.74) is 0. The Kier molecular flexibility index (Phi) is 2.13. The number of amides is 2. The fourth-order valence-corrected chi connectivity index (χ4v) is 3.87. The molecule has 1 heterocycles. The molecule has 5 unspecified atom stereocenters. The molecule has 2 aliphatic carbocycles. The molecule has 3 fully saturated rings. The first-order valence-electron chi connectivity index (χ1n) is 6.52. The summed E-state index contributed by atoms with van der Waals surface area (Å²) in [6, 6.07) is 0.285. The van der Waals surface area contributed by atoms with Gasteiger partial charge in [-0.1, -0.05) is 13.8 Å². The number of rotatable bonds is 2. The van der Waals surface area contributed by atoms with Crippen LogP contribution in [0.25, 0.3) is 0 Å². The highest BCUT2D eigenvalue weighted by Gasteiger charge is 2.63. The Morgan fingerprint density at radius 3 is 2.81 bits per heavy atom. The summed E-state index contributed by atoms with van der Waals surface area (Å²) in [6.07, 6.45) is 4.45. The van der Waals surface area contributed by atoms with Crippen LogP contribution in [-0.4, -0.2) is 22.8 Å². The van der Waals surface area contributed by atoms with Crippen molar-refractivity contribution in [3.63, 3.8) is 0 Å². The van der Waals surface area contributed by atoms with Gasteiger partial charge in [0.05, 0.1) is 12.0 Å². The minimum atomic E-state index is 0.00373. The van der Waals surface area contributed by atoms with E-state index in [-0.39, 0.29) is 29.7 Å². The van der Waals surface area contributed by atoms with Gasteiger partial charge in [0, 0.05) is 5.92 Å². The maximum atomic E-state index is 12.1. The molecule has 5 atom stereocenters. The minimum absolute atomic E-state index is 0.00373. The van der Waals surface area contributed by atoms with Crippen LogP contribution in [0.3, 0.4) is 0 Å². The highest BCUT2D eigenvalue weighted by molar-refractivity contribution is 6.03. The van der Waals surface area contributed by atoms with E-state index in [9.17, 15) is 9.59 Å². The lowest BCUT2D eigenvalue weighted by molar-refractivity contribution is -0.171. The van der Waals surface area contributed by atoms with Crippen LogP contribution in [0.2, 0.25) is 0 Å². The standard InChI is InChI=1S/C13H19NO2/c1-3-7(2)12(15)14-11-9-5-4-8(6-9)10(11)13(14)16/h7-11H,3-6H2,1-2H3. The molecule has 88 valence electrons. The van der Waals surface area contributed by atoms with Crippen LogP contribution in [-0.2, 0) is 9.59 Å². The van der Waals surface area contributed by atoms with Crippen LogP contribution < -0.4 is 0 Å². The Morgan fingerprint density at radius 1 is 1.44 bits per heavy atom. The van der Waals surface area contributed by atoms with Gasteiger partial charge in [-0.05, 0) is 37.5 Å². The second-order valence-electron chi connectivity index (χ2n) is 5.71. The van der Waals surface area contributed by atoms with Crippen LogP contribution >= 0.6 is 0 Å². The molecule has 0 N–H and O–H groups in total. The molecular weight excluding hydrogens is 202 g/mol. The van der Waals surface area contributed by atoms with Crippen molar-refractivity contribution in [3.8, 4) is 0 Å². The van der Waals surface area contributed by atoms with Crippen LogP contribution in [0.4, 0.5) is 0 Å². The van der Waals surface area contributed by atoms with Gasteiger partial charge in [0.25, 0.3) is 0 Å². The van der Waals surface area contributed by atoms with E-state index in [0.717, 1.165) is 6.42 Å². The highest BCUT2D eigenvalue weighted by Crippen LogP contribution is 2.56. The Morgan fingerprint density at radius 2 is 2.12 bits per heavy atom. The number of carbonyl (C=O) groups is 2. The van der Waals surface area contributed by atoms with Crippen LogP contribution in [0.15, 0.2) is 0 Å². The van der Waals surface area contributed by atoms with Gasteiger partial charge in [0.15, 0.2) is 0 Å². The zero-order valence-electron chi connectivity index (χ0n) is 9.98. The molecular formula is C13H19NO2. The van der Waals surface area contributed by atoms with E-state index in [0.29, 0.717) is 11.8 Å². The third-order valence-corrected chi connectivity index (χ3v) is 4.96. The summed E-state index contributed by atoms with van der Waals surface area (Å²) < 4.78 is 0. The van der Waals surface area contributed by atoms with Crippen molar-refractivity contribution >= 4 is 11.8 Å². The quantitative estimate of drug-likeness (QED) is 0.667. The predicted molar refractivity (Wildman–Crippen MR) is 59.4 cm³/mol. The summed E-state index contributed by atoms with van der Waals surface area (Å²) in [5, 5.41) is 0. The summed E-state index contributed by atoms with van der Waals surface area (Å²) >= 11 is 0. The molecule has 1 aliphatic heterocycles. The van der Waals surface area contributed by atoms with Gasteiger partial charge in [-0.15, -0.1) is 0 Å². The maximum absolute atomic E-state index is 12.1. The van der Waals surface area contributed by atoms with E-state index in [1.165, 1.54) is 19.3 Å². The normalized spacial score (nSPS) is 41.9. The Hall–Kier alpha value is -0.860. The number of imide groups is 1. The predicted octanol–water partition coefficient (Wildman–Crippen LogP) is 1.82. The molecule has 2 bridgehead atoms. The second-order valence-corrected chi connectivity index (χ2v) is 5.71. The summed E-state index contributed by atoms with van der Waals surface area (Å²) in [5.74, 6) is 1.64. The fraction of sp³-hybridized carbons (Fsp3) is 0.846. The first-order chi connectivity index (χ1) is 7.65. The molecule has 3 aliphatic rings. The number of hydrogen-bond acceptors (Lipinski definition) is 2. The minimum Gasteiger partial charge on any atom is -0.278 e. The van der Waals surface area contributed by atoms with Crippen molar-refractivity contribution in [2.75, 3.05) is 0 Å². The number of β-lactam (4-membered cyclic amide) rings is 1. The lowest BCUT2D eigenvalue weighted by Crippen LogP contribution is -2.66. The van der Waals surface area contributed by atoms with E-state index < -0.39 is 0 Å². The van der Waals surface area contributed by atoms with Gasteiger partial charge in [0.1, 0.15) is 0 Å². The molecule has 1 saturated heterocycles. The monoisotopic (exact) mass is 221 g/mol. The lowest BCUT2D eigenvalue weighted by atomic mass is 9.75. The largest absolute Gasteiger partial charge is 0.278 e. The van der Waals surface area contributed by atoms with Crippen molar-refractivity contribution < 1.29 is 9.59 Å². The van der Waals surface area contributed by atoms with Crippen molar-refractivity contribution in [2.45, 2.75) is 45.6 Å². The molecule has 16 heavy (non-hydrogen) atoms. The van der Waals surface area contributed by atoms with E-state index in [2.05, 4.69) is 0 Å². The molecule has 2 amide bonds. The Balaban J connectivity index is 1.79. The lowest BCUT2D eigenvalue weighted by Gasteiger charge is -2.48. The van der Waals surface area contributed by atoms with Crippen LogP contribution in [0, 0.1) is 23.7 Å². The van der Waals surface area contributed by atoms with E-state index in [4.69, 9.17) is 0 Å². The average Bonchev–Trinajstić information content (AvgIpc) is 2.84. The van der Waals surface area contributed by atoms with E-state index in [1.807, 2.05) is 13.8 Å². The summed E-state index contributed by atoms with van der Waals surface area (Å²) in [4.78, 5) is 25.7. The number of hydrogen-bond donors (Lipinski definition) is 0. The zero-order valence-corrected chi connectivity index (χ0v) is 9.98. The van der Waals surface area contributed by atoms with Gasteiger partial charge in [-0.2, -0.15) is 0 Å². The topological polar surface area (TPSA) is 37.4 Å². The smallest absolute Gasteiger partial charge is 0.234 e. The highest BCUT2D eigenvalue weighted by atomic mass is 16.2. The first kappa shape index (κ1) is 10.3. The van der Waals surface area contributed by atoms with Crippen molar-refractivity contribution in [3.05, 3.63) is 0 Å². The molecule has 0 aromatic rings. The summed E-state index contributed by atoms with van der Waals surface area (Å²) in [7, 11) is 0. The fourth-order valence-electron chi connectivity index (χ4n) is 3.87. The molecule has 0 aromatic carbocycles. The number of nitrogens with zero attached hydrogens (tertiary/aromatic N) is 1. The van der Waals surface area contributed by atoms with E-state index >= 15 is 0 Å². The average molecular weight is 221 g/mol. The third-order valence-electron chi connectivity index (χ3n) is 4.96. The Labute approximate surface area is 96.2 Å². The number of fused-ring (bicyclic) bond motifs is 5. The van der Waals surface area contributed by atoms with Gasteiger partial charge >= 0.3 is 0 Å². The molecule has 0 radical (unpaired) electrons. The number of likely N-dealkylation sites (tertiary alicyclic amines) is 1. The zero-order chi connectivity index (χ0) is 11.4. The first-order valence-corrected chi connectivity index (χ1v) is 6.52. The molecule has 0 spiro atoms. The van der Waals surface area contributed by atoms with Crippen molar-refractivity contribution in [2.24, 2.45) is 23.7 Å². The molecule has 0 aromatic heterocycles. The van der Waals surface area contributed by atoms with E-state index in [1.54, 1.807) is 4.90 Å². The Bertz CT molecular complexity index is 352. The SMILES string of the molecule is CCC(C)C(=O)N1C(=O)C2C3CCC(C3)C21. The van der Waals surface area contributed by atoms with Gasteiger partial charge in [-0.25, -0.2) is 0 Å².